The first kappa shape index (κ1) is 17.5. The Kier molecular flexibility index (Phi) is 4.08. The minimum absolute atomic E-state index is 0.00804. The number of aryl methyl sites for hydroxylation is 2. The van der Waals surface area contributed by atoms with Gasteiger partial charge in [-0.1, -0.05) is 18.2 Å². The summed E-state index contributed by atoms with van der Waals surface area (Å²) in [5, 5.41) is 4.12. The van der Waals surface area contributed by atoms with Gasteiger partial charge < -0.3 is 4.42 Å². The van der Waals surface area contributed by atoms with Crippen LogP contribution in [0.25, 0.3) is 10.9 Å². The van der Waals surface area contributed by atoms with E-state index in [1.54, 1.807) is 6.26 Å². The molecule has 3 aromatic heterocycles. The molecule has 4 aromatic rings. The minimum atomic E-state index is -0.00804. The normalized spacial score (nSPS) is 16.1. The number of hydrogen-bond acceptors (Lipinski definition) is 7. The number of nitrogens with zero attached hydrogens (tertiary/aromatic N) is 4. The van der Waals surface area contributed by atoms with E-state index in [4.69, 9.17) is 4.42 Å². The van der Waals surface area contributed by atoms with E-state index in [0.29, 0.717) is 36.0 Å². The molecule has 7 nitrogen and oxygen atoms in total. The van der Waals surface area contributed by atoms with E-state index in [2.05, 4.69) is 25.3 Å². The summed E-state index contributed by atoms with van der Waals surface area (Å²) in [5.41, 5.74) is 3.74. The highest BCUT2D eigenvalue weighted by Gasteiger charge is 2.31. The molecule has 29 heavy (non-hydrogen) atoms. The Morgan fingerprint density at radius 3 is 2.55 bits per heavy atom. The summed E-state index contributed by atoms with van der Waals surface area (Å²) in [6, 6.07) is 11.6. The third kappa shape index (κ3) is 3.14. The second-order valence-corrected chi connectivity index (χ2v) is 7.27. The molecule has 7 heteroatoms. The van der Waals surface area contributed by atoms with Crippen molar-refractivity contribution in [3.63, 3.8) is 0 Å². The zero-order valence-electron chi connectivity index (χ0n) is 16.1. The Hall–Kier alpha value is -3.61. The van der Waals surface area contributed by atoms with Gasteiger partial charge in [0, 0.05) is 24.1 Å². The summed E-state index contributed by atoms with van der Waals surface area (Å²) in [6.07, 6.45) is 2.67. The topological polar surface area (TPSA) is 93.8 Å². The average molecular weight is 385 g/mol. The van der Waals surface area contributed by atoms with Gasteiger partial charge in [-0.15, -0.1) is 0 Å². The van der Waals surface area contributed by atoms with Crippen LogP contribution in [0.5, 0.6) is 0 Å². The fraction of sp³-hybridized carbons (Fsp3) is 0.227. The van der Waals surface area contributed by atoms with Crippen LogP contribution in [-0.2, 0) is 6.42 Å². The van der Waals surface area contributed by atoms with E-state index in [-0.39, 0.29) is 11.7 Å². The molecule has 0 fully saturated rings. The molecule has 1 N–H and O–H groups in total. The number of hydrogen-bond donors (Lipinski definition) is 1. The van der Waals surface area contributed by atoms with Gasteiger partial charge in [-0.25, -0.2) is 19.9 Å². The average Bonchev–Trinajstić information content (AvgIpc) is 3.22. The van der Waals surface area contributed by atoms with Crippen LogP contribution in [0.15, 0.2) is 47.1 Å². The van der Waals surface area contributed by atoms with Gasteiger partial charge in [0.25, 0.3) is 0 Å². The van der Waals surface area contributed by atoms with Crippen LogP contribution >= 0.6 is 0 Å². The molecule has 0 unspecified atom stereocenters. The number of benzene rings is 1. The molecule has 1 aliphatic rings. The number of furan rings is 1. The zero-order chi connectivity index (χ0) is 20.0. The predicted octanol–water partition coefficient (Wildman–Crippen LogP) is 4.29. The first-order chi connectivity index (χ1) is 14.1. The van der Waals surface area contributed by atoms with Gasteiger partial charge in [0.1, 0.15) is 5.76 Å². The lowest BCUT2D eigenvalue weighted by molar-refractivity contribution is 0.0958. The van der Waals surface area contributed by atoms with Crippen molar-refractivity contribution in [3.8, 4) is 0 Å². The molecule has 144 valence electrons. The summed E-state index contributed by atoms with van der Waals surface area (Å²) >= 11 is 0. The molecule has 1 aromatic carbocycles. The minimum Gasteiger partial charge on any atom is -0.469 e. The Morgan fingerprint density at radius 1 is 0.931 bits per heavy atom. The van der Waals surface area contributed by atoms with Gasteiger partial charge in [-0.2, -0.15) is 0 Å². The van der Waals surface area contributed by atoms with Gasteiger partial charge in [-0.05, 0) is 32.0 Å². The summed E-state index contributed by atoms with van der Waals surface area (Å²) in [5.74, 6) is 1.68. The summed E-state index contributed by atoms with van der Waals surface area (Å²) < 4.78 is 5.52. The van der Waals surface area contributed by atoms with Crippen LogP contribution in [0.4, 0.5) is 11.9 Å². The number of carbonyl (C=O) groups excluding carboxylic acids is 1. The highest BCUT2D eigenvalue weighted by atomic mass is 16.3. The molecule has 3 heterocycles. The molecule has 0 aliphatic heterocycles. The lowest BCUT2D eigenvalue weighted by atomic mass is 9.84. The standard InChI is InChI=1S/C22H19N5O2/c1-12-15-6-3-4-7-16(15)25-21(23-12)27-22-24-13(2)20-17(26-22)10-14(11-18(20)28)19-8-5-9-29-19/h3-9,14H,10-11H2,1-2H3,(H,23,24,25,26,27)/t14-/m1/s1. The fourth-order valence-electron chi connectivity index (χ4n) is 3.95. The van der Waals surface area contributed by atoms with Crippen LogP contribution in [-0.4, -0.2) is 25.7 Å². The monoisotopic (exact) mass is 385 g/mol. The molecule has 1 aliphatic carbocycles. The predicted molar refractivity (Wildman–Crippen MR) is 108 cm³/mol. The second-order valence-electron chi connectivity index (χ2n) is 7.27. The van der Waals surface area contributed by atoms with Crippen molar-refractivity contribution in [2.24, 2.45) is 0 Å². The molecule has 1 atom stereocenters. The Bertz CT molecular complexity index is 1230. The smallest absolute Gasteiger partial charge is 0.230 e. The summed E-state index contributed by atoms with van der Waals surface area (Å²) in [6.45, 7) is 3.78. The first-order valence-electron chi connectivity index (χ1n) is 9.53. The van der Waals surface area contributed by atoms with E-state index in [1.165, 1.54) is 0 Å². The molecule has 0 saturated heterocycles. The van der Waals surface area contributed by atoms with Crippen LogP contribution in [0, 0.1) is 13.8 Å². The van der Waals surface area contributed by atoms with E-state index < -0.39 is 0 Å². The second kappa shape index (κ2) is 6.77. The number of para-hydroxylation sites is 1. The van der Waals surface area contributed by atoms with E-state index in [9.17, 15) is 4.79 Å². The van der Waals surface area contributed by atoms with Crippen molar-refractivity contribution in [2.75, 3.05) is 5.32 Å². The summed E-state index contributed by atoms with van der Waals surface area (Å²) in [7, 11) is 0. The molecule has 0 spiro atoms. The molecule has 0 bridgehead atoms. The third-order valence-electron chi connectivity index (χ3n) is 5.28. The molecule has 0 radical (unpaired) electrons. The first-order valence-corrected chi connectivity index (χ1v) is 9.53. The highest BCUT2D eigenvalue weighted by molar-refractivity contribution is 5.99. The maximum Gasteiger partial charge on any atom is 0.230 e. The number of anilines is 2. The Balaban J connectivity index is 1.50. The molecule has 0 saturated carbocycles. The van der Waals surface area contributed by atoms with Gasteiger partial charge in [0.15, 0.2) is 5.78 Å². The lowest BCUT2D eigenvalue weighted by Gasteiger charge is -2.22. The van der Waals surface area contributed by atoms with Gasteiger partial charge in [0.05, 0.1) is 34.4 Å². The maximum absolute atomic E-state index is 12.7. The summed E-state index contributed by atoms with van der Waals surface area (Å²) in [4.78, 5) is 30.9. The van der Waals surface area contributed by atoms with Crippen LogP contribution in [0.1, 0.15) is 45.5 Å². The Morgan fingerprint density at radius 2 is 1.72 bits per heavy atom. The number of nitrogens with one attached hydrogen (secondary N) is 1. The van der Waals surface area contributed by atoms with E-state index in [0.717, 1.165) is 28.1 Å². The van der Waals surface area contributed by atoms with Crippen molar-refractivity contribution >= 4 is 28.6 Å². The van der Waals surface area contributed by atoms with Crippen LogP contribution in [0.2, 0.25) is 0 Å². The largest absolute Gasteiger partial charge is 0.469 e. The maximum atomic E-state index is 12.7. The molecular weight excluding hydrogens is 366 g/mol. The van der Waals surface area contributed by atoms with Crippen molar-refractivity contribution in [2.45, 2.75) is 32.6 Å². The Labute approximate surface area is 167 Å². The third-order valence-corrected chi connectivity index (χ3v) is 5.28. The molecule has 0 amide bonds. The number of Topliss-reactive ketones (excluding diaryl/α,β-unsaturated/α-hetero) is 1. The van der Waals surface area contributed by atoms with Crippen LogP contribution < -0.4 is 5.32 Å². The van der Waals surface area contributed by atoms with Gasteiger partial charge in [0.2, 0.25) is 11.9 Å². The lowest BCUT2D eigenvalue weighted by Crippen LogP contribution is -2.22. The number of ketones is 1. The molecule has 5 rings (SSSR count). The van der Waals surface area contributed by atoms with Crippen molar-refractivity contribution in [3.05, 3.63) is 71.1 Å². The van der Waals surface area contributed by atoms with Gasteiger partial charge in [-0.3, -0.25) is 10.1 Å². The van der Waals surface area contributed by atoms with Crippen LogP contribution in [0.3, 0.4) is 0 Å². The highest BCUT2D eigenvalue weighted by Crippen LogP contribution is 2.33. The SMILES string of the molecule is Cc1nc(Nc2nc(C)c3ccccc3n2)nc2c1C(=O)C[C@H](c1ccco1)C2. The zero-order valence-corrected chi connectivity index (χ0v) is 16.1. The number of fused-ring (bicyclic) bond motifs is 2. The number of aromatic nitrogens is 4. The fourth-order valence-corrected chi connectivity index (χ4v) is 3.95. The van der Waals surface area contributed by atoms with Crippen molar-refractivity contribution < 1.29 is 9.21 Å². The van der Waals surface area contributed by atoms with Crippen molar-refractivity contribution in [1.82, 2.24) is 19.9 Å². The van der Waals surface area contributed by atoms with Crippen molar-refractivity contribution in [1.29, 1.82) is 0 Å². The number of carbonyl (C=O) groups is 1. The van der Waals surface area contributed by atoms with E-state index >= 15 is 0 Å². The number of rotatable bonds is 3. The quantitative estimate of drug-likeness (QED) is 0.562. The molecular formula is C22H19N5O2. The van der Waals surface area contributed by atoms with E-state index in [1.807, 2.05) is 50.2 Å². The van der Waals surface area contributed by atoms with Gasteiger partial charge >= 0.3 is 0 Å².